The monoisotopic (exact) mass is 423 g/mol. The molecular weight excluding hydrogens is 409 g/mol. The van der Waals surface area contributed by atoms with Crippen molar-refractivity contribution in [3.63, 3.8) is 0 Å². The number of fused-ring (bicyclic) bond motifs is 1. The van der Waals surface area contributed by atoms with E-state index in [1.165, 1.54) is 11.7 Å². The number of aliphatic hydroxyl groups is 3. The van der Waals surface area contributed by atoms with Gasteiger partial charge in [0.1, 0.15) is 12.2 Å². The molecule has 3 heterocycles. The van der Waals surface area contributed by atoms with Crippen LogP contribution in [-0.2, 0) is 10.5 Å². The highest BCUT2D eigenvalue weighted by Crippen LogP contribution is 2.37. The number of hydrogen-bond donors (Lipinski definition) is 4. The molecule has 0 aliphatic carbocycles. The minimum atomic E-state index is -1.60. The Hall–Kier alpha value is -1.28. The number of imidazole rings is 1. The minimum absolute atomic E-state index is 0.0528. The molecule has 3 atom stereocenters. The molecule has 1 aliphatic rings. The molecule has 0 bridgehead atoms. The largest absolute Gasteiger partial charge is 0.479 e. The molecule has 1 fully saturated rings. The van der Waals surface area contributed by atoms with Crippen LogP contribution in [0.3, 0.4) is 0 Å². The molecule has 2 aromatic rings. The zero-order chi connectivity index (χ0) is 16.1. The lowest BCUT2D eigenvalue weighted by molar-refractivity contribution is -0.151. The fourth-order valence-electron chi connectivity index (χ4n) is 2.51. The number of ether oxygens (including phenoxy) is 2. The summed E-state index contributed by atoms with van der Waals surface area (Å²) in [6.07, 6.45) is -2.49. The molecule has 10 nitrogen and oxygen atoms in total. The molecule has 0 unspecified atom stereocenters. The summed E-state index contributed by atoms with van der Waals surface area (Å²) < 4.78 is 12.4. The van der Waals surface area contributed by atoms with Crippen LogP contribution in [-0.4, -0.2) is 67.4 Å². The van der Waals surface area contributed by atoms with Gasteiger partial charge in [-0.25, -0.2) is 4.98 Å². The molecule has 11 heteroatoms. The van der Waals surface area contributed by atoms with Crippen LogP contribution in [0.5, 0.6) is 5.88 Å². The Morgan fingerprint density at radius 1 is 1.45 bits per heavy atom. The van der Waals surface area contributed by atoms with Gasteiger partial charge in [0, 0.05) is 22.6 Å². The maximum atomic E-state index is 10.3. The van der Waals surface area contributed by atoms with E-state index in [9.17, 15) is 15.3 Å². The molecule has 1 aliphatic heterocycles. The van der Waals surface area contributed by atoms with Gasteiger partial charge in [-0.2, -0.15) is 9.97 Å². The summed E-state index contributed by atoms with van der Waals surface area (Å²) in [5, 5.41) is 29.8. The van der Waals surface area contributed by atoms with Gasteiger partial charge in [0.25, 0.3) is 0 Å². The number of hydrogen-bond acceptors (Lipinski definition) is 9. The van der Waals surface area contributed by atoms with Crippen molar-refractivity contribution in [2.24, 2.45) is 0 Å². The molecule has 0 aromatic carbocycles. The maximum absolute atomic E-state index is 10.3. The molecule has 22 heavy (non-hydrogen) atoms. The number of nitrogen functional groups attached to an aromatic ring is 1. The van der Waals surface area contributed by atoms with Gasteiger partial charge in [0.05, 0.1) is 20.3 Å². The third-order valence-electron chi connectivity index (χ3n) is 3.58. The molecule has 120 valence electrons. The summed E-state index contributed by atoms with van der Waals surface area (Å²) in [7, 11) is 1.42. The van der Waals surface area contributed by atoms with Gasteiger partial charge >= 0.3 is 0 Å². The Labute approximate surface area is 138 Å². The molecule has 0 amide bonds. The lowest BCUT2D eigenvalue weighted by Crippen LogP contribution is -2.49. The molecular formula is C11H14IN5O5. The van der Waals surface area contributed by atoms with Crippen LogP contribution in [0.2, 0.25) is 0 Å². The van der Waals surface area contributed by atoms with Crippen LogP contribution < -0.4 is 10.5 Å². The zero-order valence-electron chi connectivity index (χ0n) is 11.5. The second-order valence-electron chi connectivity index (χ2n) is 4.81. The number of aliphatic hydroxyl groups excluding tert-OH is 3. The van der Waals surface area contributed by atoms with Crippen LogP contribution in [0.15, 0.2) is 0 Å². The van der Waals surface area contributed by atoms with E-state index in [0.29, 0.717) is 9.35 Å². The summed E-state index contributed by atoms with van der Waals surface area (Å²) in [6.45, 7) is -0.714. The highest BCUT2D eigenvalue weighted by Gasteiger charge is 2.52. The fourth-order valence-corrected chi connectivity index (χ4v) is 3.39. The van der Waals surface area contributed by atoms with Gasteiger partial charge < -0.3 is 30.5 Å². The van der Waals surface area contributed by atoms with Crippen molar-refractivity contribution in [2.45, 2.75) is 17.9 Å². The van der Waals surface area contributed by atoms with E-state index in [0.717, 1.165) is 0 Å². The smallest absolute Gasteiger partial charge is 0.247 e. The van der Waals surface area contributed by atoms with Crippen molar-refractivity contribution in [2.75, 3.05) is 26.1 Å². The third-order valence-corrected chi connectivity index (χ3v) is 4.30. The van der Waals surface area contributed by atoms with Gasteiger partial charge in [-0.1, -0.05) is 0 Å². The van der Waals surface area contributed by atoms with E-state index in [1.54, 1.807) is 0 Å². The number of methoxy groups -OCH3 is 1. The topological polar surface area (TPSA) is 149 Å². The molecule has 2 aromatic heterocycles. The third kappa shape index (κ3) is 2.04. The fraction of sp³-hybridized carbons (Fsp3) is 0.545. The van der Waals surface area contributed by atoms with Gasteiger partial charge in [-0.3, -0.25) is 4.57 Å². The van der Waals surface area contributed by atoms with Gasteiger partial charge in [0.2, 0.25) is 11.8 Å². The predicted molar refractivity (Wildman–Crippen MR) is 82.0 cm³/mol. The van der Waals surface area contributed by atoms with Crippen molar-refractivity contribution in [3.8, 4) is 5.88 Å². The van der Waals surface area contributed by atoms with Crippen LogP contribution in [0.25, 0.3) is 11.2 Å². The minimum Gasteiger partial charge on any atom is -0.479 e. The normalized spacial score (nSPS) is 28.4. The number of aromatic nitrogens is 4. The first-order chi connectivity index (χ1) is 10.4. The molecule has 3 rings (SSSR count). The van der Waals surface area contributed by atoms with Crippen molar-refractivity contribution in [3.05, 3.63) is 3.83 Å². The summed E-state index contributed by atoms with van der Waals surface area (Å²) in [6, 6.07) is 0. The van der Waals surface area contributed by atoms with Crippen molar-refractivity contribution >= 4 is 39.7 Å². The van der Waals surface area contributed by atoms with Crippen LogP contribution >= 0.6 is 22.6 Å². The van der Waals surface area contributed by atoms with E-state index < -0.39 is 24.5 Å². The first-order valence-electron chi connectivity index (χ1n) is 6.31. The Morgan fingerprint density at radius 3 is 2.73 bits per heavy atom. The molecule has 5 N–H and O–H groups in total. The number of halogens is 1. The first-order valence-corrected chi connectivity index (χ1v) is 7.39. The van der Waals surface area contributed by atoms with Crippen molar-refractivity contribution in [1.29, 1.82) is 0 Å². The van der Waals surface area contributed by atoms with Crippen LogP contribution in [0.1, 0.15) is 0 Å². The van der Waals surface area contributed by atoms with Crippen LogP contribution in [0.4, 0.5) is 5.95 Å². The van der Waals surface area contributed by atoms with E-state index in [-0.39, 0.29) is 24.1 Å². The Balaban J connectivity index is 2.31. The summed E-state index contributed by atoms with van der Waals surface area (Å²) in [5.41, 5.74) is 4.61. The lowest BCUT2D eigenvalue weighted by Gasteiger charge is -2.32. The van der Waals surface area contributed by atoms with Crippen molar-refractivity contribution < 1.29 is 24.8 Å². The van der Waals surface area contributed by atoms with Gasteiger partial charge in [-0.05, 0) is 0 Å². The number of rotatable bonds is 3. The summed E-state index contributed by atoms with van der Waals surface area (Å²) in [5.74, 6) is 0.114. The second-order valence-corrected chi connectivity index (χ2v) is 5.77. The highest BCUT2D eigenvalue weighted by molar-refractivity contribution is 14.1. The Bertz CT molecular complexity index is 724. The molecule has 1 saturated heterocycles. The average Bonchev–Trinajstić information content (AvgIpc) is 2.97. The van der Waals surface area contributed by atoms with Gasteiger partial charge in [-0.15, -0.1) is 0 Å². The Morgan fingerprint density at radius 2 is 2.18 bits per heavy atom. The number of anilines is 1. The van der Waals surface area contributed by atoms with E-state index in [1.807, 2.05) is 22.6 Å². The summed E-state index contributed by atoms with van der Waals surface area (Å²) in [4.78, 5) is 12.3. The predicted octanol–water partition coefficient (Wildman–Crippen LogP) is -1.58. The zero-order valence-corrected chi connectivity index (χ0v) is 13.6. The van der Waals surface area contributed by atoms with E-state index in [4.69, 9.17) is 15.2 Å². The van der Waals surface area contributed by atoms with E-state index in [2.05, 4.69) is 15.0 Å². The maximum Gasteiger partial charge on any atom is 0.247 e. The SMILES string of the molecule is COc1nc(N)nc2c1nc(I)n2[C@@]1(CO)OC[C@H](O)[C@@H]1O. The van der Waals surface area contributed by atoms with E-state index >= 15 is 0 Å². The lowest BCUT2D eigenvalue weighted by atomic mass is 10.1. The standard InChI is InChI=1S/C11H14IN5O5/c1-21-8-5-7(15-10(13)16-8)17(9(12)14-5)11(3-18)6(20)4(19)2-22-11/h4,6,18-20H,2-3H2,1H3,(H2,13,15,16)/t4-,6-,11-/m0/s1. The highest BCUT2D eigenvalue weighted by atomic mass is 127. The molecule has 0 radical (unpaired) electrons. The second kappa shape index (κ2) is 5.42. The number of nitrogens with two attached hydrogens (primary N) is 1. The van der Waals surface area contributed by atoms with Crippen molar-refractivity contribution in [1.82, 2.24) is 19.5 Å². The molecule has 0 saturated carbocycles. The average molecular weight is 423 g/mol. The van der Waals surface area contributed by atoms with Gasteiger partial charge in [0.15, 0.2) is 20.7 Å². The quantitative estimate of drug-likeness (QED) is 0.339. The summed E-state index contributed by atoms with van der Waals surface area (Å²) >= 11 is 1.90. The number of nitrogens with zero attached hydrogens (tertiary/aromatic N) is 4. The Kier molecular flexibility index (Phi) is 3.84. The van der Waals surface area contributed by atoms with Crippen LogP contribution in [0, 0.1) is 3.83 Å². The molecule has 0 spiro atoms. The first kappa shape index (κ1) is 15.6.